The lowest BCUT2D eigenvalue weighted by molar-refractivity contribution is -0.120. The number of carboxylic acid groups (broad SMARTS) is 1. The van der Waals surface area contributed by atoms with Crippen LogP contribution in [0.5, 0.6) is 0 Å². The van der Waals surface area contributed by atoms with Crippen molar-refractivity contribution in [3.8, 4) is 0 Å². The number of nitrogens with one attached hydrogen (secondary N) is 2. The highest BCUT2D eigenvalue weighted by Crippen LogP contribution is 2.34. The standard InChI is InChI=1S/C29H28N4O6/c1-17-11-12-24-25(13-17)33(16-26(35)22-10-5-4-7-18(22)2)27(36)23(15-32(24)19(3)34)31-29(39)30-21-9-6-8-20(14-21)28(37)38/h4-14,23H,15-16H2,1-3H3,(H,37,38)(H2,30,31,39). The fourth-order valence-corrected chi connectivity index (χ4v) is 4.48. The molecule has 4 amide bonds. The van der Waals surface area contributed by atoms with Gasteiger partial charge in [-0.3, -0.25) is 14.4 Å². The van der Waals surface area contributed by atoms with Gasteiger partial charge in [-0.15, -0.1) is 0 Å². The van der Waals surface area contributed by atoms with Crippen molar-refractivity contribution in [2.24, 2.45) is 0 Å². The Balaban J connectivity index is 1.68. The van der Waals surface area contributed by atoms with Gasteiger partial charge in [-0.25, -0.2) is 9.59 Å². The number of aryl methyl sites for hydroxylation is 2. The molecule has 1 atom stereocenters. The topological polar surface area (TPSA) is 136 Å². The zero-order chi connectivity index (χ0) is 28.3. The highest BCUT2D eigenvalue weighted by molar-refractivity contribution is 6.12. The smallest absolute Gasteiger partial charge is 0.335 e. The molecule has 0 aliphatic carbocycles. The second-order valence-corrected chi connectivity index (χ2v) is 9.32. The summed E-state index contributed by atoms with van der Waals surface area (Å²) in [6, 6.07) is 16.0. The minimum absolute atomic E-state index is 0.0205. The quantitative estimate of drug-likeness (QED) is 0.417. The molecule has 1 aliphatic rings. The Morgan fingerprint density at radius 3 is 2.38 bits per heavy atom. The Kier molecular flexibility index (Phi) is 7.75. The Morgan fingerprint density at radius 1 is 0.949 bits per heavy atom. The van der Waals surface area contributed by atoms with E-state index in [1.165, 1.54) is 41.0 Å². The highest BCUT2D eigenvalue weighted by atomic mass is 16.4. The zero-order valence-corrected chi connectivity index (χ0v) is 21.7. The molecule has 0 aromatic heterocycles. The molecule has 3 aromatic carbocycles. The van der Waals surface area contributed by atoms with Crippen LogP contribution in [0.15, 0.2) is 66.7 Å². The molecule has 1 heterocycles. The number of fused-ring (bicyclic) bond motifs is 1. The minimum Gasteiger partial charge on any atom is -0.478 e. The first-order valence-electron chi connectivity index (χ1n) is 12.2. The van der Waals surface area contributed by atoms with Gasteiger partial charge in [-0.2, -0.15) is 0 Å². The van der Waals surface area contributed by atoms with Crippen molar-refractivity contribution >= 4 is 46.7 Å². The lowest BCUT2D eigenvalue weighted by Crippen LogP contribution is -2.54. The maximum atomic E-state index is 13.9. The van der Waals surface area contributed by atoms with E-state index in [1.807, 2.05) is 13.0 Å². The normalized spacial score (nSPS) is 14.7. The Hall–Kier alpha value is -4.99. The number of carbonyl (C=O) groups is 5. The van der Waals surface area contributed by atoms with Crippen LogP contribution in [0.4, 0.5) is 21.9 Å². The Morgan fingerprint density at radius 2 is 1.69 bits per heavy atom. The summed E-state index contributed by atoms with van der Waals surface area (Å²) in [5.74, 6) is -2.36. The summed E-state index contributed by atoms with van der Waals surface area (Å²) in [5, 5.41) is 14.3. The second-order valence-electron chi connectivity index (χ2n) is 9.32. The van der Waals surface area contributed by atoms with E-state index in [0.717, 1.165) is 11.1 Å². The molecular weight excluding hydrogens is 500 g/mol. The van der Waals surface area contributed by atoms with Gasteiger partial charge >= 0.3 is 12.0 Å². The van der Waals surface area contributed by atoms with Crippen molar-refractivity contribution < 1.29 is 29.1 Å². The fraction of sp³-hybridized carbons (Fsp3) is 0.207. The van der Waals surface area contributed by atoms with Gasteiger partial charge in [0, 0.05) is 18.2 Å². The van der Waals surface area contributed by atoms with Crippen molar-refractivity contribution in [2.45, 2.75) is 26.8 Å². The zero-order valence-electron chi connectivity index (χ0n) is 21.7. The molecule has 10 nitrogen and oxygen atoms in total. The van der Waals surface area contributed by atoms with Crippen LogP contribution in [0.2, 0.25) is 0 Å². The maximum absolute atomic E-state index is 13.9. The number of rotatable bonds is 6. The Labute approximate surface area is 225 Å². The lowest BCUT2D eigenvalue weighted by Gasteiger charge is -2.25. The van der Waals surface area contributed by atoms with Crippen LogP contribution in [0.3, 0.4) is 0 Å². The maximum Gasteiger partial charge on any atom is 0.335 e. The van der Waals surface area contributed by atoms with Gasteiger partial charge in [0.05, 0.1) is 30.0 Å². The van der Waals surface area contributed by atoms with Crippen molar-refractivity contribution in [2.75, 3.05) is 28.2 Å². The molecule has 1 aliphatic heterocycles. The first-order chi connectivity index (χ1) is 18.5. The average Bonchev–Trinajstić information content (AvgIpc) is 2.99. The summed E-state index contributed by atoms with van der Waals surface area (Å²) in [6.45, 7) is 4.54. The number of Topliss-reactive ketones (excluding diaryl/α,β-unsaturated/α-hetero) is 1. The average molecular weight is 529 g/mol. The third kappa shape index (κ3) is 5.96. The summed E-state index contributed by atoms with van der Waals surface area (Å²) in [6.07, 6.45) is 0. The highest BCUT2D eigenvalue weighted by Gasteiger charge is 2.37. The fourth-order valence-electron chi connectivity index (χ4n) is 4.48. The van der Waals surface area contributed by atoms with E-state index in [9.17, 15) is 29.1 Å². The van der Waals surface area contributed by atoms with Crippen LogP contribution in [0.25, 0.3) is 0 Å². The second kappa shape index (κ2) is 11.2. The van der Waals surface area contributed by atoms with E-state index in [-0.39, 0.29) is 36.0 Å². The summed E-state index contributed by atoms with van der Waals surface area (Å²) in [7, 11) is 0. The van der Waals surface area contributed by atoms with E-state index >= 15 is 0 Å². The van der Waals surface area contributed by atoms with Crippen molar-refractivity contribution in [3.05, 3.63) is 89.0 Å². The number of aromatic carboxylic acids is 1. The number of hydrogen-bond acceptors (Lipinski definition) is 5. The number of nitrogens with zero attached hydrogens (tertiary/aromatic N) is 2. The number of carbonyl (C=O) groups excluding carboxylic acids is 4. The van der Waals surface area contributed by atoms with Crippen LogP contribution >= 0.6 is 0 Å². The molecule has 0 saturated carbocycles. The molecule has 0 bridgehead atoms. The first kappa shape index (κ1) is 27.1. The monoisotopic (exact) mass is 528 g/mol. The van der Waals surface area contributed by atoms with Crippen molar-refractivity contribution in [1.82, 2.24) is 5.32 Å². The predicted molar refractivity (Wildman–Crippen MR) is 146 cm³/mol. The third-order valence-corrected chi connectivity index (χ3v) is 6.44. The molecule has 3 N–H and O–H groups in total. The molecule has 0 radical (unpaired) electrons. The number of amides is 4. The van der Waals surface area contributed by atoms with Crippen molar-refractivity contribution in [3.63, 3.8) is 0 Å². The number of benzene rings is 3. The first-order valence-corrected chi connectivity index (χ1v) is 12.2. The van der Waals surface area contributed by atoms with Crippen LogP contribution in [0, 0.1) is 13.8 Å². The number of carboxylic acids is 1. The van der Waals surface area contributed by atoms with Gasteiger partial charge in [0.25, 0.3) is 5.91 Å². The lowest BCUT2D eigenvalue weighted by atomic mass is 10.0. The van der Waals surface area contributed by atoms with E-state index in [1.54, 1.807) is 43.3 Å². The number of urea groups is 1. The molecule has 0 spiro atoms. The number of ketones is 1. The van der Waals surface area contributed by atoms with Gasteiger partial charge in [0.15, 0.2) is 5.78 Å². The van der Waals surface area contributed by atoms with Crippen molar-refractivity contribution in [1.29, 1.82) is 0 Å². The molecule has 200 valence electrons. The minimum atomic E-state index is -1.20. The van der Waals surface area contributed by atoms with E-state index in [0.29, 0.717) is 16.9 Å². The van der Waals surface area contributed by atoms with Crippen LogP contribution in [-0.4, -0.2) is 53.8 Å². The number of anilines is 3. The summed E-state index contributed by atoms with van der Waals surface area (Å²) in [5.41, 5.74) is 3.06. The van der Waals surface area contributed by atoms with Crippen LogP contribution < -0.4 is 20.4 Å². The van der Waals surface area contributed by atoms with Crippen LogP contribution in [-0.2, 0) is 9.59 Å². The molecule has 1 unspecified atom stereocenters. The van der Waals surface area contributed by atoms with Gasteiger partial charge < -0.3 is 25.5 Å². The summed E-state index contributed by atoms with van der Waals surface area (Å²) in [4.78, 5) is 66.8. The molecule has 0 fully saturated rings. The van der Waals surface area contributed by atoms with Gasteiger partial charge in [0.1, 0.15) is 6.04 Å². The van der Waals surface area contributed by atoms with Gasteiger partial charge in [-0.05, 0) is 55.3 Å². The molecule has 10 heteroatoms. The molecule has 3 aromatic rings. The number of hydrogen-bond donors (Lipinski definition) is 3. The molecule has 4 rings (SSSR count). The SMILES string of the molecule is CC(=O)N1CC(NC(=O)Nc2cccc(C(=O)O)c2)C(=O)N(CC(=O)c2ccccc2C)c2cc(C)ccc21. The summed E-state index contributed by atoms with van der Waals surface area (Å²) >= 11 is 0. The van der Waals surface area contributed by atoms with E-state index < -0.39 is 23.9 Å². The van der Waals surface area contributed by atoms with E-state index in [2.05, 4.69) is 10.6 Å². The van der Waals surface area contributed by atoms with Gasteiger partial charge in [0.2, 0.25) is 5.91 Å². The van der Waals surface area contributed by atoms with E-state index in [4.69, 9.17) is 0 Å². The summed E-state index contributed by atoms with van der Waals surface area (Å²) < 4.78 is 0. The molecule has 0 saturated heterocycles. The van der Waals surface area contributed by atoms with Gasteiger partial charge in [-0.1, -0.05) is 36.4 Å². The predicted octanol–water partition coefficient (Wildman–Crippen LogP) is 3.77. The third-order valence-electron chi connectivity index (χ3n) is 6.44. The Bertz CT molecular complexity index is 1480. The molecule has 39 heavy (non-hydrogen) atoms. The largest absolute Gasteiger partial charge is 0.478 e. The molecular formula is C29H28N4O6. The van der Waals surface area contributed by atoms with Crippen LogP contribution in [0.1, 0.15) is 38.8 Å².